The zero-order valence-corrected chi connectivity index (χ0v) is 24.1. The summed E-state index contributed by atoms with van der Waals surface area (Å²) >= 11 is 1.01. The first-order chi connectivity index (χ1) is 20.5. The highest BCUT2D eigenvalue weighted by molar-refractivity contribution is 8.00. The third kappa shape index (κ3) is 7.29. The smallest absolute Gasteiger partial charge is 0.435 e. The van der Waals surface area contributed by atoms with Crippen LogP contribution in [0, 0.1) is 11.7 Å². The van der Waals surface area contributed by atoms with Crippen LogP contribution in [0.15, 0.2) is 53.4 Å². The molecule has 4 rings (SSSR count). The number of aliphatic carboxylic acids is 1. The van der Waals surface area contributed by atoms with Crippen molar-refractivity contribution in [2.24, 2.45) is 5.92 Å². The number of hydrogen-bond donors (Lipinski definition) is 1. The Bertz CT molecular complexity index is 1280. The van der Waals surface area contributed by atoms with Crippen LogP contribution in [0.2, 0.25) is 0 Å². The molecule has 2 unspecified atom stereocenters. The van der Waals surface area contributed by atoms with Gasteiger partial charge in [0, 0.05) is 22.9 Å². The van der Waals surface area contributed by atoms with E-state index in [0.29, 0.717) is 36.3 Å². The Morgan fingerprint density at radius 1 is 0.932 bits per heavy atom. The molecule has 1 saturated carbocycles. The highest BCUT2D eigenvalue weighted by atomic mass is 32.2. The summed E-state index contributed by atoms with van der Waals surface area (Å²) in [5.74, 6) is -2.68. The van der Waals surface area contributed by atoms with Crippen molar-refractivity contribution in [3.63, 3.8) is 0 Å². The first kappa shape index (κ1) is 35.1. The van der Waals surface area contributed by atoms with E-state index in [-0.39, 0.29) is 24.4 Å². The number of benzene rings is 2. The van der Waals surface area contributed by atoms with Crippen molar-refractivity contribution in [1.82, 2.24) is 4.90 Å². The molecule has 0 aromatic heterocycles. The molecule has 2 aliphatic rings. The molecule has 1 heterocycles. The Balaban J connectivity index is 0.00000124. The maximum Gasteiger partial charge on any atom is 0.435 e. The normalized spacial score (nSPS) is 21.3. The second-order valence-electron chi connectivity index (χ2n) is 10.5. The first-order valence-corrected chi connectivity index (χ1v) is 14.2. The summed E-state index contributed by atoms with van der Waals surface area (Å²) in [6.07, 6.45) is -9.15. The van der Waals surface area contributed by atoms with Gasteiger partial charge >= 0.3 is 24.0 Å². The molecular weight excluding hydrogens is 626 g/mol. The molecule has 44 heavy (non-hydrogen) atoms. The second-order valence-corrected chi connectivity index (χ2v) is 11.9. The number of hydrogen-bond acceptors (Lipinski definition) is 5. The van der Waals surface area contributed by atoms with E-state index >= 15 is 0 Å². The number of amides is 1. The molecule has 0 bridgehead atoms. The van der Waals surface area contributed by atoms with Gasteiger partial charge in [0.2, 0.25) is 5.91 Å². The topological polar surface area (TPSA) is 83.9 Å². The number of thioether (sulfide) groups is 1. The number of carboxylic acid groups (broad SMARTS) is 1. The van der Waals surface area contributed by atoms with Crippen molar-refractivity contribution in [2.45, 2.75) is 72.2 Å². The van der Waals surface area contributed by atoms with Crippen molar-refractivity contribution in [2.75, 3.05) is 13.7 Å². The fourth-order valence-electron chi connectivity index (χ4n) is 5.47. The zero-order chi connectivity index (χ0) is 32.9. The van der Waals surface area contributed by atoms with Gasteiger partial charge in [0.15, 0.2) is 0 Å². The molecule has 6 nitrogen and oxygen atoms in total. The molecule has 1 aliphatic carbocycles. The SMILES string of the molecule is COC=O.O=C(O)C1CC(Sc2ccc(F)cc2)(c2ccc(C(F)(C(F)(F)F)C(F)(F)F)cc2)CN1C(=O)C1CCCCC1. The van der Waals surface area contributed by atoms with Crippen LogP contribution < -0.4 is 0 Å². The zero-order valence-electron chi connectivity index (χ0n) is 23.3. The third-order valence-corrected chi connectivity index (χ3v) is 9.09. The largest absolute Gasteiger partial charge is 0.480 e. The van der Waals surface area contributed by atoms with E-state index in [1.54, 1.807) is 0 Å². The summed E-state index contributed by atoms with van der Waals surface area (Å²) in [5.41, 5.74) is -7.21. The summed E-state index contributed by atoms with van der Waals surface area (Å²) in [7, 11) is 1.31. The van der Waals surface area contributed by atoms with Crippen molar-refractivity contribution in [3.05, 3.63) is 65.5 Å². The highest BCUT2D eigenvalue weighted by Crippen LogP contribution is 2.55. The quantitative estimate of drug-likeness (QED) is 0.252. The summed E-state index contributed by atoms with van der Waals surface area (Å²) in [5, 5.41) is 9.99. The van der Waals surface area contributed by atoms with E-state index in [0.717, 1.165) is 55.3 Å². The Labute approximate surface area is 251 Å². The van der Waals surface area contributed by atoms with E-state index in [2.05, 4.69) is 4.74 Å². The number of ether oxygens (including phenoxy) is 1. The number of rotatable bonds is 7. The van der Waals surface area contributed by atoms with Gasteiger partial charge in [-0.15, -0.1) is 11.8 Å². The van der Waals surface area contributed by atoms with Crippen molar-refractivity contribution in [1.29, 1.82) is 0 Å². The molecule has 2 aromatic rings. The van der Waals surface area contributed by atoms with Crippen LogP contribution in [0.5, 0.6) is 0 Å². The van der Waals surface area contributed by atoms with Gasteiger partial charge in [-0.3, -0.25) is 9.59 Å². The molecule has 1 amide bonds. The van der Waals surface area contributed by atoms with Crippen LogP contribution in [-0.2, 0) is 29.5 Å². The van der Waals surface area contributed by atoms with Crippen LogP contribution in [0.25, 0.3) is 0 Å². The standard InChI is InChI=1S/C27H25F8NO3S.C2H4O2/c28-19-10-12-20(13-11-19)40-24(14-21(23(38)39)36(15-24)22(37)16-4-2-1-3-5-16)17-6-8-18(9-7-17)25(29,26(30,31)32)27(33,34)35;1-4-2-3/h6-13,16,21H,1-5,14-15H2,(H,38,39);2H,1H3. The van der Waals surface area contributed by atoms with Gasteiger partial charge in [-0.25, -0.2) is 13.6 Å². The molecular formula is C29H29F8NO5S. The molecule has 2 fully saturated rings. The number of methoxy groups -OCH3 is 1. The number of carbonyl (C=O) groups excluding carboxylic acids is 2. The van der Waals surface area contributed by atoms with Gasteiger partial charge < -0.3 is 14.7 Å². The Morgan fingerprint density at radius 2 is 1.45 bits per heavy atom. The molecule has 242 valence electrons. The van der Waals surface area contributed by atoms with Crippen LogP contribution in [0.3, 0.4) is 0 Å². The minimum atomic E-state index is -6.29. The van der Waals surface area contributed by atoms with Crippen molar-refractivity contribution < 1.29 is 59.4 Å². The number of likely N-dealkylation sites (tertiary alicyclic amines) is 1. The number of nitrogens with zero attached hydrogens (tertiary/aromatic N) is 1. The summed E-state index contributed by atoms with van der Waals surface area (Å²) in [6, 6.07) is 6.27. The lowest BCUT2D eigenvalue weighted by Gasteiger charge is -2.33. The molecule has 2 atom stereocenters. The lowest BCUT2D eigenvalue weighted by atomic mass is 9.88. The molecule has 15 heteroatoms. The highest BCUT2D eigenvalue weighted by Gasteiger charge is 2.73. The van der Waals surface area contributed by atoms with Crippen molar-refractivity contribution in [3.8, 4) is 0 Å². The van der Waals surface area contributed by atoms with Gasteiger partial charge in [-0.2, -0.15) is 26.3 Å². The molecule has 1 N–H and O–H groups in total. The predicted octanol–water partition coefficient (Wildman–Crippen LogP) is 7.16. The van der Waals surface area contributed by atoms with E-state index in [9.17, 15) is 49.8 Å². The van der Waals surface area contributed by atoms with Crippen LogP contribution >= 0.6 is 11.8 Å². The molecule has 0 radical (unpaired) electrons. The minimum Gasteiger partial charge on any atom is -0.480 e. The third-order valence-electron chi connectivity index (χ3n) is 7.66. The number of carbonyl (C=O) groups is 3. The van der Waals surface area contributed by atoms with Crippen LogP contribution in [-0.4, -0.2) is 60.4 Å². The van der Waals surface area contributed by atoms with E-state index in [1.165, 1.54) is 24.1 Å². The average Bonchev–Trinajstić information content (AvgIpc) is 3.38. The lowest BCUT2D eigenvalue weighted by Crippen LogP contribution is -2.50. The number of halogens is 8. The van der Waals surface area contributed by atoms with E-state index in [4.69, 9.17) is 4.79 Å². The van der Waals surface area contributed by atoms with Crippen LogP contribution in [0.1, 0.15) is 49.7 Å². The van der Waals surface area contributed by atoms with Gasteiger partial charge in [-0.05, 0) is 49.1 Å². The molecule has 1 aliphatic heterocycles. The van der Waals surface area contributed by atoms with Crippen LogP contribution in [0.4, 0.5) is 35.1 Å². The Kier molecular flexibility index (Phi) is 11.0. The Hall–Kier alpha value is -3.36. The summed E-state index contributed by atoms with van der Waals surface area (Å²) in [6.45, 7) is 0.153. The fraction of sp³-hybridized carbons (Fsp3) is 0.483. The average molecular weight is 656 g/mol. The maximum atomic E-state index is 14.6. The molecule has 1 saturated heterocycles. The van der Waals surface area contributed by atoms with Gasteiger partial charge in [0.05, 0.1) is 11.9 Å². The monoisotopic (exact) mass is 655 g/mol. The van der Waals surface area contributed by atoms with Crippen molar-refractivity contribution >= 4 is 30.1 Å². The van der Waals surface area contributed by atoms with Gasteiger partial charge in [0.1, 0.15) is 11.9 Å². The minimum absolute atomic E-state index is 0.0995. The first-order valence-electron chi connectivity index (χ1n) is 13.4. The predicted molar refractivity (Wildman–Crippen MR) is 143 cm³/mol. The lowest BCUT2D eigenvalue weighted by molar-refractivity contribution is -0.348. The van der Waals surface area contributed by atoms with E-state index in [1.807, 2.05) is 0 Å². The molecule has 2 aromatic carbocycles. The number of carboxylic acids is 1. The molecule has 0 spiro atoms. The summed E-state index contributed by atoms with van der Waals surface area (Å²) < 4.78 is 111. The van der Waals surface area contributed by atoms with Gasteiger partial charge in [-0.1, -0.05) is 43.5 Å². The van der Waals surface area contributed by atoms with E-state index < -0.39 is 52.1 Å². The van der Waals surface area contributed by atoms with Gasteiger partial charge in [0.25, 0.3) is 6.47 Å². The summed E-state index contributed by atoms with van der Waals surface area (Å²) in [4.78, 5) is 36.3. The Morgan fingerprint density at radius 3 is 1.91 bits per heavy atom. The second kappa shape index (κ2) is 13.7. The fourth-order valence-corrected chi connectivity index (χ4v) is 6.89. The number of alkyl halides is 7. The maximum absolute atomic E-state index is 14.6.